The van der Waals surface area contributed by atoms with Gasteiger partial charge in [0.15, 0.2) is 16.1 Å². The maximum atomic E-state index is 9.31. The molecule has 6 heteroatoms. The Labute approximate surface area is 787 Å². The summed E-state index contributed by atoms with van der Waals surface area (Å²) in [4.78, 5) is 5.40. The van der Waals surface area contributed by atoms with Gasteiger partial charge in [0.1, 0.15) is 0 Å². The van der Waals surface area contributed by atoms with Crippen LogP contribution in [0.2, 0.25) is 0 Å². The second-order valence-corrected chi connectivity index (χ2v) is 46.3. The van der Waals surface area contributed by atoms with Crippen LogP contribution >= 0.6 is 0 Å². The van der Waals surface area contributed by atoms with E-state index < -0.39 is 22.2 Å². The minimum Gasteiger partial charge on any atom is -0.311 e. The van der Waals surface area contributed by atoms with Gasteiger partial charge in [0.05, 0.1) is 34.9 Å². The van der Waals surface area contributed by atoms with E-state index in [-0.39, 0.29) is 52.7 Å². The van der Waals surface area contributed by atoms with E-state index in [2.05, 4.69) is 501 Å². The van der Waals surface area contributed by atoms with Crippen molar-refractivity contribution >= 4 is 137 Å². The van der Waals surface area contributed by atoms with Gasteiger partial charge in [-0.25, -0.2) is 0 Å². The standard InChI is InChI=1S/C126H104BN3Si2/c1-124(2,3)96-67-75-115(110(81-96)92-48-27-14-28-49-92)129-118-80-95(89-64-70-104(71-65-89)131(100-52-29-15-30-53-100,101-54-31-16-32-55-101)105-60-37-50-93(78-105)87-40-19-10-20-41-87)66-73-113(118)127-114-74-72-107(132(102-56-33-17-34-57-102,103-58-35-18-36-59-103)106-61-38-51-94(79-106)88-42-21-11-22-43-88)86-119(114)130(123-108(90-44-23-12-24-45-90)62-39-63-109(123)91-46-25-13-26-47-91)121-85-99(84-120(129)122(121)127)128-116-76-68-97(125(4,5)6)82-111(116)112-83-98(126(7,8)9)69-77-117(112)128/h10-86H,1-9H3/i10D,19D,20D,40D,41D. The number of aromatic nitrogens is 1. The lowest BCUT2D eigenvalue weighted by Crippen LogP contribution is -2.75. The lowest BCUT2D eigenvalue weighted by molar-refractivity contribution is 0.590. The van der Waals surface area contributed by atoms with Crippen molar-refractivity contribution in [3.05, 3.63) is 484 Å². The molecule has 1 aromatic heterocycles. The van der Waals surface area contributed by atoms with E-state index in [0.717, 1.165) is 133 Å². The van der Waals surface area contributed by atoms with Crippen molar-refractivity contribution in [1.82, 2.24) is 4.57 Å². The van der Waals surface area contributed by atoms with E-state index >= 15 is 0 Å². The van der Waals surface area contributed by atoms with Gasteiger partial charge in [0.2, 0.25) is 0 Å². The SMILES string of the molecule is [2H]c1c([2H])c([2H])c(-c2cccc([Si](c3ccccc3)(c3ccccc3)c3ccc(-c4ccc5c(c4)N(c4ccc(C(C)(C)C)cc4-c4ccccc4)c4cc(-n6c7ccc(C(C)(C)C)cc7c7cc(C(C)(C)C)ccc76)cc6c4B5c4ccc([Si](c5ccccc5)(c5ccccc5)c5cccc(-c7ccccc7)c5)cc4N6c4c(-c5ccccc5)cccc4-c4ccccc4)cc3)c2)c([2H])c1[2H]. The molecule has 634 valence electrons. The fraction of sp³-hybridized carbons (Fsp3) is 0.0952. The number of hydrogen-bond donors (Lipinski definition) is 0. The number of nitrogens with zero attached hydrogens (tertiary/aromatic N) is 3. The van der Waals surface area contributed by atoms with Gasteiger partial charge in [-0.2, -0.15) is 0 Å². The van der Waals surface area contributed by atoms with Crippen LogP contribution in [-0.2, 0) is 16.2 Å². The van der Waals surface area contributed by atoms with Crippen molar-refractivity contribution in [2.24, 2.45) is 0 Å². The summed E-state index contributed by atoms with van der Waals surface area (Å²) in [5, 5.41) is 11.9. The lowest BCUT2D eigenvalue weighted by Gasteiger charge is -2.46. The highest BCUT2D eigenvalue weighted by Gasteiger charge is 2.49. The quantitative estimate of drug-likeness (QED) is 0.0665. The van der Waals surface area contributed by atoms with Crippen LogP contribution in [0.15, 0.2) is 467 Å². The monoisotopic (exact) mass is 1730 g/mol. The largest absolute Gasteiger partial charge is 0.311 e. The Morgan fingerprint density at radius 2 is 0.576 bits per heavy atom. The first kappa shape index (κ1) is 77.1. The number of benzene rings is 19. The zero-order valence-electron chi connectivity index (χ0n) is 81.0. The molecule has 19 aromatic carbocycles. The van der Waals surface area contributed by atoms with Gasteiger partial charge in [0.25, 0.3) is 6.71 Å². The van der Waals surface area contributed by atoms with Crippen LogP contribution in [0.25, 0.3) is 94.3 Å². The van der Waals surface area contributed by atoms with Crippen LogP contribution in [0, 0.1) is 0 Å². The van der Waals surface area contributed by atoms with Gasteiger partial charge >= 0.3 is 0 Å². The summed E-state index contributed by atoms with van der Waals surface area (Å²) in [6, 6.07) is 163. The predicted molar refractivity (Wildman–Crippen MR) is 571 cm³/mol. The molecule has 0 saturated carbocycles. The molecule has 0 spiro atoms. The highest BCUT2D eigenvalue weighted by atomic mass is 28.3. The molecule has 0 N–H and O–H groups in total. The summed E-state index contributed by atoms with van der Waals surface area (Å²) in [6.45, 7) is 20.6. The summed E-state index contributed by atoms with van der Waals surface area (Å²) in [5.74, 6) is 0. The second-order valence-electron chi connectivity index (χ2n) is 38.7. The highest BCUT2D eigenvalue weighted by molar-refractivity contribution is 7.20. The molecule has 0 radical (unpaired) electrons. The van der Waals surface area contributed by atoms with Crippen molar-refractivity contribution in [3.63, 3.8) is 0 Å². The summed E-state index contributed by atoms with van der Waals surface area (Å²) in [6.07, 6.45) is 0. The van der Waals surface area contributed by atoms with Gasteiger partial charge in [-0.1, -0.05) is 469 Å². The fourth-order valence-corrected chi connectivity index (χ4v) is 30.9. The fourth-order valence-electron chi connectivity index (χ4n) is 21.3. The molecule has 0 saturated heterocycles. The van der Waals surface area contributed by atoms with E-state index in [9.17, 15) is 2.74 Å². The lowest BCUT2D eigenvalue weighted by atomic mass is 9.33. The van der Waals surface area contributed by atoms with Gasteiger partial charge in [0, 0.05) is 50.2 Å². The maximum Gasteiger partial charge on any atom is 0.252 e. The third-order valence-corrected chi connectivity index (χ3v) is 37.4. The molecule has 22 rings (SSSR count). The third-order valence-electron chi connectivity index (χ3n) is 27.8. The van der Waals surface area contributed by atoms with Crippen LogP contribution in [-0.4, -0.2) is 27.4 Å². The molecular formula is C126H104BN3Si2. The van der Waals surface area contributed by atoms with Gasteiger partial charge in [-0.3, -0.25) is 0 Å². The normalized spacial score (nSPS) is 13.2. The molecule has 2 aliphatic heterocycles. The van der Waals surface area contributed by atoms with Crippen molar-refractivity contribution < 1.29 is 6.85 Å². The smallest absolute Gasteiger partial charge is 0.252 e. The van der Waals surface area contributed by atoms with Crippen LogP contribution in [0.3, 0.4) is 0 Å². The number of para-hydroxylation sites is 1. The first-order valence-corrected chi connectivity index (χ1v) is 50.2. The van der Waals surface area contributed by atoms with Crippen molar-refractivity contribution in [2.75, 3.05) is 9.80 Å². The molecule has 3 nitrogen and oxygen atoms in total. The zero-order chi connectivity index (χ0) is 94.0. The molecule has 0 fully saturated rings. The average molecular weight is 1730 g/mol. The van der Waals surface area contributed by atoms with Gasteiger partial charge in [-0.05, 0) is 202 Å². The van der Waals surface area contributed by atoms with Crippen molar-refractivity contribution in [2.45, 2.75) is 78.6 Å². The number of anilines is 6. The molecular weight excluding hydrogens is 1620 g/mol. The van der Waals surface area contributed by atoms with Gasteiger partial charge in [-0.15, -0.1) is 0 Å². The van der Waals surface area contributed by atoms with Crippen molar-refractivity contribution in [1.29, 1.82) is 0 Å². The molecule has 0 atom stereocenters. The summed E-state index contributed by atoms with van der Waals surface area (Å²) in [7, 11) is -6.88. The van der Waals surface area contributed by atoms with Crippen LogP contribution in [0.4, 0.5) is 34.1 Å². The van der Waals surface area contributed by atoms with Crippen molar-refractivity contribution in [3.8, 4) is 72.4 Å². The van der Waals surface area contributed by atoms with E-state index in [1.165, 1.54) is 59.1 Å². The van der Waals surface area contributed by atoms with E-state index in [4.69, 9.17) is 4.11 Å². The Morgan fingerprint density at radius 1 is 0.235 bits per heavy atom. The summed E-state index contributed by atoms with van der Waals surface area (Å²) < 4.78 is 47.6. The highest BCUT2D eigenvalue weighted by Crippen LogP contribution is 2.53. The number of rotatable bonds is 17. The van der Waals surface area contributed by atoms with E-state index in [1.54, 1.807) is 0 Å². The molecule has 0 aliphatic carbocycles. The van der Waals surface area contributed by atoms with E-state index in [0.29, 0.717) is 5.56 Å². The molecule has 0 unspecified atom stereocenters. The minimum atomic E-state index is -3.48. The summed E-state index contributed by atoms with van der Waals surface area (Å²) in [5.41, 5.74) is 28.0. The Balaban J connectivity index is 0.881. The minimum absolute atomic E-state index is 0.156. The molecule has 3 heterocycles. The zero-order valence-corrected chi connectivity index (χ0v) is 78.0. The average Bonchev–Trinajstić information content (AvgIpc) is 1.52. The Hall–Kier alpha value is -14.9. The Bertz CT molecular complexity index is 7820. The summed E-state index contributed by atoms with van der Waals surface area (Å²) >= 11 is 0. The molecule has 0 bridgehead atoms. The molecule has 2 aliphatic rings. The Morgan fingerprint density at radius 3 is 1.05 bits per heavy atom. The third kappa shape index (κ3) is 14.3. The second kappa shape index (κ2) is 33.2. The molecule has 20 aromatic rings. The first-order valence-electron chi connectivity index (χ1n) is 48.7. The molecule has 132 heavy (non-hydrogen) atoms. The Kier molecular flexibility index (Phi) is 19.4. The maximum absolute atomic E-state index is 9.31. The first-order chi connectivity index (χ1) is 66.4. The topological polar surface area (TPSA) is 11.4 Å². The molecule has 0 amide bonds. The predicted octanol–water partition coefficient (Wildman–Crippen LogP) is 25.5. The van der Waals surface area contributed by atoms with E-state index in [1.807, 2.05) is 12.1 Å². The van der Waals surface area contributed by atoms with Crippen LogP contribution < -0.4 is 67.7 Å². The van der Waals surface area contributed by atoms with Gasteiger partial charge < -0.3 is 14.4 Å². The van der Waals surface area contributed by atoms with Crippen LogP contribution in [0.1, 0.15) is 85.9 Å². The number of hydrogen-bond acceptors (Lipinski definition) is 2. The van der Waals surface area contributed by atoms with Crippen LogP contribution in [0.5, 0.6) is 0 Å². The number of fused-ring (bicyclic) bond motifs is 7.